The Morgan fingerprint density at radius 1 is 1.15 bits per heavy atom. The second-order valence-corrected chi connectivity index (χ2v) is 8.61. The Hall–Kier alpha value is -3.81. The molecule has 170 valence electrons. The van der Waals surface area contributed by atoms with E-state index in [1.54, 1.807) is 22.0 Å². The molecule has 1 aromatic heterocycles. The first-order chi connectivity index (χ1) is 16.0. The predicted molar refractivity (Wildman–Crippen MR) is 124 cm³/mol. The largest absolute Gasteiger partial charge is 0.486 e. The summed E-state index contributed by atoms with van der Waals surface area (Å²) in [5.41, 5.74) is 3.72. The fourth-order valence-electron chi connectivity index (χ4n) is 4.16. The topological polar surface area (TPSA) is 85.7 Å². The van der Waals surface area contributed by atoms with E-state index in [4.69, 9.17) is 9.47 Å². The van der Waals surface area contributed by atoms with Crippen molar-refractivity contribution in [3.63, 3.8) is 0 Å². The third kappa shape index (κ3) is 4.41. The highest BCUT2D eigenvalue weighted by Crippen LogP contribution is 2.31. The van der Waals surface area contributed by atoms with Crippen LogP contribution in [0.25, 0.3) is 0 Å². The van der Waals surface area contributed by atoms with E-state index in [1.807, 2.05) is 56.3 Å². The van der Waals surface area contributed by atoms with E-state index in [0.717, 1.165) is 17.0 Å². The van der Waals surface area contributed by atoms with Gasteiger partial charge in [-0.2, -0.15) is 5.10 Å². The Bertz CT molecular complexity index is 1200. The number of fused-ring (bicyclic) bond motifs is 1. The maximum absolute atomic E-state index is 12.8. The molecule has 2 aliphatic rings. The first kappa shape index (κ1) is 21.1. The van der Waals surface area contributed by atoms with Crippen LogP contribution in [0.1, 0.15) is 17.5 Å². The van der Waals surface area contributed by atoms with Crippen LogP contribution in [0.15, 0.2) is 54.9 Å². The zero-order valence-corrected chi connectivity index (χ0v) is 18.7. The fourth-order valence-corrected chi connectivity index (χ4v) is 4.16. The summed E-state index contributed by atoms with van der Waals surface area (Å²) in [6, 6.07) is 13.5. The molecule has 0 unspecified atom stereocenters. The summed E-state index contributed by atoms with van der Waals surface area (Å²) in [5.74, 6) is 0.829. The minimum atomic E-state index is -0.408. The van der Waals surface area contributed by atoms with Crippen LogP contribution in [0, 0.1) is 19.8 Å². The highest BCUT2D eigenvalue weighted by molar-refractivity contribution is 6.03. The number of anilines is 2. The van der Waals surface area contributed by atoms with Gasteiger partial charge in [0.2, 0.25) is 11.8 Å². The molecule has 1 saturated heterocycles. The van der Waals surface area contributed by atoms with E-state index < -0.39 is 5.92 Å². The van der Waals surface area contributed by atoms with Gasteiger partial charge in [-0.3, -0.25) is 14.3 Å². The third-order valence-electron chi connectivity index (χ3n) is 6.16. The van der Waals surface area contributed by atoms with E-state index >= 15 is 0 Å². The molecule has 2 aliphatic heterocycles. The van der Waals surface area contributed by atoms with Gasteiger partial charge in [-0.15, -0.1) is 0 Å². The molecule has 8 heteroatoms. The molecule has 3 aromatic rings. The Labute approximate surface area is 192 Å². The quantitative estimate of drug-likeness (QED) is 0.650. The monoisotopic (exact) mass is 446 g/mol. The average molecular weight is 447 g/mol. The van der Waals surface area contributed by atoms with Crippen molar-refractivity contribution in [2.75, 3.05) is 23.4 Å². The Morgan fingerprint density at radius 3 is 2.79 bits per heavy atom. The third-order valence-corrected chi connectivity index (χ3v) is 6.16. The van der Waals surface area contributed by atoms with Crippen molar-refractivity contribution in [3.05, 3.63) is 66.0 Å². The summed E-state index contributed by atoms with van der Waals surface area (Å²) in [4.78, 5) is 27.1. The van der Waals surface area contributed by atoms with Gasteiger partial charge in [0, 0.05) is 24.8 Å². The van der Waals surface area contributed by atoms with E-state index in [1.165, 1.54) is 5.56 Å². The van der Waals surface area contributed by atoms with Crippen LogP contribution in [0.2, 0.25) is 0 Å². The number of hydrogen-bond acceptors (Lipinski definition) is 5. The molecule has 2 aromatic carbocycles. The van der Waals surface area contributed by atoms with Gasteiger partial charge in [0.1, 0.15) is 6.61 Å². The zero-order chi connectivity index (χ0) is 22.9. The second-order valence-electron chi connectivity index (χ2n) is 8.61. The maximum Gasteiger partial charge on any atom is 0.229 e. The number of carbonyl (C=O) groups is 2. The number of nitrogens with one attached hydrogen (secondary N) is 1. The van der Waals surface area contributed by atoms with Gasteiger partial charge >= 0.3 is 0 Å². The average Bonchev–Trinajstić information content (AvgIpc) is 3.42. The van der Waals surface area contributed by atoms with Gasteiger partial charge in [-0.05, 0) is 49.2 Å². The first-order valence-electron chi connectivity index (χ1n) is 11.1. The molecule has 8 nitrogen and oxygen atoms in total. The summed E-state index contributed by atoms with van der Waals surface area (Å²) in [6.07, 6.45) is 3.38. The van der Waals surface area contributed by atoms with Gasteiger partial charge in [-0.1, -0.05) is 18.2 Å². The Morgan fingerprint density at radius 2 is 1.97 bits per heavy atom. The number of ether oxygens (including phenoxy) is 2. The van der Waals surface area contributed by atoms with Gasteiger partial charge in [0.05, 0.1) is 24.3 Å². The lowest BCUT2D eigenvalue weighted by molar-refractivity contribution is -0.122. The molecule has 5 rings (SSSR count). The van der Waals surface area contributed by atoms with Crippen LogP contribution in [-0.4, -0.2) is 40.9 Å². The van der Waals surface area contributed by atoms with Crippen molar-refractivity contribution >= 4 is 23.2 Å². The lowest BCUT2D eigenvalue weighted by atomic mass is 10.1. The fraction of sp³-hybridized carbons (Fsp3) is 0.320. The number of aromatic nitrogens is 2. The van der Waals surface area contributed by atoms with E-state index in [-0.39, 0.29) is 24.3 Å². The van der Waals surface area contributed by atoms with Gasteiger partial charge < -0.3 is 19.7 Å². The molecule has 33 heavy (non-hydrogen) atoms. The number of para-hydroxylation sites is 2. The smallest absolute Gasteiger partial charge is 0.229 e. The molecule has 0 spiro atoms. The molecular weight excluding hydrogens is 420 g/mol. The van der Waals surface area contributed by atoms with Gasteiger partial charge in [0.15, 0.2) is 17.6 Å². The number of hydrogen-bond donors (Lipinski definition) is 1. The number of benzene rings is 2. The molecular formula is C25H26N4O4. The van der Waals surface area contributed by atoms with Gasteiger partial charge in [-0.25, -0.2) is 0 Å². The highest BCUT2D eigenvalue weighted by Gasteiger charge is 2.35. The molecule has 0 saturated carbocycles. The van der Waals surface area contributed by atoms with E-state index in [9.17, 15) is 9.59 Å². The molecule has 1 fully saturated rings. The SMILES string of the molecule is Cc1ccc(N2C[C@@H](C(=O)Nc3cnn(C[C@@H]4COc5ccccc5O4)c3)CC2=O)cc1C. The number of aryl methyl sites for hydroxylation is 2. The molecule has 2 amide bonds. The molecule has 2 atom stereocenters. The summed E-state index contributed by atoms with van der Waals surface area (Å²) in [5, 5.41) is 7.23. The van der Waals surface area contributed by atoms with Crippen LogP contribution in [0.4, 0.5) is 11.4 Å². The number of rotatable bonds is 5. The van der Waals surface area contributed by atoms with Crippen molar-refractivity contribution in [2.45, 2.75) is 32.9 Å². The molecule has 3 heterocycles. The maximum atomic E-state index is 12.8. The summed E-state index contributed by atoms with van der Waals surface area (Å²) >= 11 is 0. The predicted octanol–water partition coefficient (Wildman–Crippen LogP) is 3.33. The van der Waals surface area contributed by atoms with Crippen LogP contribution in [0.3, 0.4) is 0 Å². The molecule has 0 aliphatic carbocycles. The second kappa shape index (κ2) is 8.61. The van der Waals surface area contributed by atoms with Crippen molar-refractivity contribution in [1.29, 1.82) is 0 Å². The Kier molecular flexibility index (Phi) is 5.50. The lowest BCUT2D eigenvalue weighted by Gasteiger charge is -2.26. The summed E-state index contributed by atoms with van der Waals surface area (Å²) in [7, 11) is 0. The normalized spacial score (nSPS) is 19.6. The number of carbonyl (C=O) groups excluding carboxylic acids is 2. The summed E-state index contributed by atoms with van der Waals surface area (Å²) in [6.45, 7) is 5.34. The molecule has 1 N–H and O–H groups in total. The van der Waals surface area contributed by atoms with Crippen LogP contribution in [-0.2, 0) is 16.1 Å². The Balaban J connectivity index is 1.18. The number of amides is 2. The zero-order valence-electron chi connectivity index (χ0n) is 18.7. The minimum Gasteiger partial charge on any atom is -0.486 e. The molecule has 0 radical (unpaired) electrons. The van der Waals surface area contributed by atoms with Crippen molar-refractivity contribution in [1.82, 2.24) is 9.78 Å². The van der Waals surface area contributed by atoms with E-state index in [0.29, 0.717) is 31.1 Å². The van der Waals surface area contributed by atoms with Gasteiger partial charge in [0.25, 0.3) is 0 Å². The van der Waals surface area contributed by atoms with Crippen molar-refractivity contribution in [2.24, 2.45) is 5.92 Å². The summed E-state index contributed by atoms with van der Waals surface area (Å²) < 4.78 is 13.4. The van der Waals surface area contributed by atoms with Crippen molar-refractivity contribution in [3.8, 4) is 11.5 Å². The van der Waals surface area contributed by atoms with E-state index in [2.05, 4.69) is 10.4 Å². The minimum absolute atomic E-state index is 0.0381. The van der Waals surface area contributed by atoms with Crippen LogP contribution in [0.5, 0.6) is 11.5 Å². The van der Waals surface area contributed by atoms with Crippen LogP contribution >= 0.6 is 0 Å². The molecule has 0 bridgehead atoms. The van der Waals surface area contributed by atoms with Crippen molar-refractivity contribution < 1.29 is 19.1 Å². The standard InChI is InChI=1S/C25H26N4O4/c1-16-7-8-20(9-17(16)2)29-12-18(10-24(29)30)25(31)27-19-11-26-28(13-19)14-21-15-32-22-5-3-4-6-23(22)33-21/h3-9,11,13,18,21H,10,12,14-15H2,1-2H3,(H,27,31)/t18-,21+/m0/s1. The number of nitrogens with zero attached hydrogens (tertiary/aromatic N) is 3. The lowest BCUT2D eigenvalue weighted by Crippen LogP contribution is -2.33. The highest BCUT2D eigenvalue weighted by atomic mass is 16.6. The first-order valence-corrected chi connectivity index (χ1v) is 11.1. The van der Waals surface area contributed by atoms with Crippen LogP contribution < -0.4 is 19.7 Å².